The van der Waals surface area contributed by atoms with E-state index in [0.717, 1.165) is 5.56 Å². The molecule has 1 amide bonds. The second-order valence-electron chi connectivity index (χ2n) is 4.24. The molecule has 104 valence electrons. The molecule has 0 radical (unpaired) electrons. The number of hydrogen-bond acceptors (Lipinski definition) is 3. The SMILES string of the molecule is CC(C(=O)O)C(=O)NCCCOCc1ccccc1. The number of amides is 1. The van der Waals surface area contributed by atoms with E-state index in [-0.39, 0.29) is 0 Å². The zero-order valence-electron chi connectivity index (χ0n) is 11.0. The van der Waals surface area contributed by atoms with Gasteiger partial charge in [0.2, 0.25) is 5.91 Å². The average Bonchev–Trinajstić information content (AvgIpc) is 2.42. The second-order valence-corrected chi connectivity index (χ2v) is 4.24. The van der Waals surface area contributed by atoms with Crippen LogP contribution in [0.4, 0.5) is 0 Å². The van der Waals surface area contributed by atoms with Crippen LogP contribution in [0.1, 0.15) is 18.9 Å². The molecule has 1 atom stereocenters. The number of aliphatic carboxylic acids is 1. The van der Waals surface area contributed by atoms with Crippen LogP contribution < -0.4 is 5.32 Å². The van der Waals surface area contributed by atoms with Gasteiger partial charge in [-0.3, -0.25) is 9.59 Å². The van der Waals surface area contributed by atoms with Gasteiger partial charge in [-0.25, -0.2) is 0 Å². The molecule has 0 heterocycles. The van der Waals surface area contributed by atoms with E-state index in [1.54, 1.807) is 0 Å². The monoisotopic (exact) mass is 265 g/mol. The number of benzene rings is 1. The Hall–Kier alpha value is -1.88. The molecule has 1 unspecified atom stereocenters. The number of ether oxygens (including phenoxy) is 1. The maximum Gasteiger partial charge on any atom is 0.315 e. The van der Waals surface area contributed by atoms with Gasteiger partial charge in [-0.2, -0.15) is 0 Å². The topological polar surface area (TPSA) is 75.6 Å². The molecule has 0 aliphatic carbocycles. The summed E-state index contributed by atoms with van der Waals surface area (Å²) in [6.45, 7) is 2.85. The Balaban J connectivity index is 2.06. The van der Waals surface area contributed by atoms with E-state index >= 15 is 0 Å². The molecule has 2 N–H and O–H groups in total. The summed E-state index contributed by atoms with van der Waals surface area (Å²) in [6, 6.07) is 9.81. The summed E-state index contributed by atoms with van der Waals surface area (Å²) in [5.41, 5.74) is 1.10. The highest BCUT2D eigenvalue weighted by atomic mass is 16.5. The van der Waals surface area contributed by atoms with Crippen molar-refractivity contribution >= 4 is 11.9 Å². The van der Waals surface area contributed by atoms with E-state index in [4.69, 9.17) is 9.84 Å². The van der Waals surface area contributed by atoms with E-state index in [2.05, 4.69) is 5.32 Å². The summed E-state index contributed by atoms with van der Waals surface area (Å²) in [7, 11) is 0. The van der Waals surface area contributed by atoms with Gasteiger partial charge in [-0.05, 0) is 18.9 Å². The van der Waals surface area contributed by atoms with Crippen LogP contribution in [0, 0.1) is 5.92 Å². The lowest BCUT2D eigenvalue weighted by Gasteiger charge is -2.08. The van der Waals surface area contributed by atoms with Crippen LogP contribution in [0.5, 0.6) is 0 Å². The van der Waals surface area contributed by atoms with E-state index in [1.807, 2.05) is 30.3 Å². The van der Waals surface area contributed by atoms with Gasteiger partial charge in [0.15, 0.2) is 0 Å². The highest BCUT2D eigenvalue weighted by Crippen LogP contribution is 2.00. The molecule has 1 aromatic carbocycles. The van der Waals surface area contributed by atoms with Crippen molar-refractivity contribution in [1.82, 2.24) is 5.32 Å². The minimum atomic E-state index is -1.11. The quantitative estimate of drug-likeness (QED) is 0.550. The lowest BCUT2D eigenvalue weighted by molar-refractivity contribution is -0.146. The summed E-state index contributed by atoms with van der Waals surface area (Å²) in [5.74, 6) is -2.58. The van der Waals surface area contributed by atoms with Gasteiger partial charge in [0, 0.05) is 13.2 Å². The van der Waals surface area contributed by atoms with E-state index in [0.29, 0.717) is 26.2 Å². The maximum atomic E-state index is 11.3. The standard InChI is InChI=1S/C14H19NO4/c1-11(14(17)18)13(16)15-8-5-9-19-10-12-6-3-2-4-7-12/h2-4,6-7,11H,5,8-10H2,1H3,(H,15,16)(H,17,18). The first kappa shape index (κ1) is 15.2. The van der Waals surface area contributed by atoms with Gasteiger partial charge in [0.1, 0.15) is 5.92 Å². The van der Waals surface area contributed by atoms with Crippen molar-refractivity contribution in [3.8, 4) is 0 Å². The molecule has 5 nitrogen and oxygen atoms in total. The van der Waals surface area contributed by atoms with Crippen molar-refractivity contribution in [2.45, 2.75) is 20.0 Å². The molecule has 0 saturated heterocycles. The van der Waals surface area contributed by atoms with Crippen LogP contribution in [0.2, 0.25) is 0 Å². The number of hydrogen-bond donors (Lipinski definition) is 2. The third kappa shape index (κ3) is 6.01. The lowest BCUT2D eigenvalue weighted by Crippen LogP contribution is -2.34. The molecule has 0 aliphatic rings. The predicted molar refractivity (Wildman–Crippen MR) is 70.5 cm³/mol. The third-order valence-electron chi connectivity index (χ3n) is 2.64. The normalized spacial score (nSPS) is 11.8. The molecule has 0 spiro atoms. The Morgan fingerprint density at radius 2 is 2.00 bits per heavy atom. The fraction of sp³-hybridized carbons (Fsp3) is 0.429. The van der Waals surface area contributed by atoms with Crippen LogP contribution in [-0.4, -0.2) is 30.1 Å². The lowest BCUT2D eigenvalue weighted by atomic mass is 10.2. The molecule has 19 heavy (non-hydrogen) atoms. The molecule has 0 bridgehead atoms. The van der Waals surface area contributed by atoms with E-state index in [9.17, 15) is 9.59 Å². The highest BCUT2D eigenvalue weighted by molar-refractivity contribution is 5.96. The first-order valence-corrected chi connectivity index (χ1v) is 6.23. The number of carboxylic acids is 1. The van der Waals surface area contributed by atoms with Crippen LogP contribution in [0.3, 0.4) is 0 Å². The predicted octanol–water partition coefficient (Wildman–Crippen LogP) is 1.43. The summed E-state index contributed by atoms with van der Waals surface area (Å²) in [5, 5.41) is 11.2. The smallest absolute Gasteiger partial charge is 0.315 e. The molecule has 0 saturated carbocycles. The third-order valence-corrected chi connectivity index (χ3v) is 2.64. The maximum absolute atomic E-state index is 11.3. The zero-order valence-corrected chi connectivity index (χ0v) is 11.0. The fourth-order valence-electron chi connectivity index (χ4n) is 1.42. The molecule has 1 rings (SSSR count). The van der Waals surface area contributed by atoms with Crippen LogP contribution in [0.25, 0.3) is 0 Å². The second kappa shape index (κ2) is 8.26. The zero-order chi connectivity index (χ0) is 14.1. The molecule has 0 aromatic heterocycles. The Kier molecular flexibility index (Phi) is 6.60. The Morgan fingerprint density at radius 1 is 1.32 bits per heavy atom. The molecule has 0 aliphatic heterocycles. The number of carbonyl (C=O) groups excluding carboxylic acids is 1. The highest BCUT2D eigenvalue weighted by Gasteiger charge is 2.19. The average molecular weight is 265 g/mol. The van der Waals surface area contributed by atoms with Gasteiger partial charge in [-0.15, -0.1) is 0 Å². The first-order chi connectivity index (χ1) is 9.11. The molecule has 5 heteroatoms. The number of nitrogens with one attached hydrogen (secondary N) is 1. The Labute approximate surface area is 112 Å². The van der Waals surface area contributed by atoms with Crippen LogP contribution in [-0.2, 0) is 20.9 Å². The van der Waals surface area contributed by atoms with Crippen molar-refractivity contribution in [3.05, 3.63) is 35.9 Å². The van der Waals surface area contributed by atoms with Crippen molar-refractivity contribution in [1.29, 1.82) is 0 Å². The van der Waals surface area contributed by atoms with Crippen molar-refractivity contribution in [2.24, 2.45) is 5.92 Å². The van der Waals surface area contributed by atoms with Gasteiger partial charge in [-0.1, -0.05) is 30.3 Å². The van der Waals surface area contributed by atoms with E-state index < -0.39 is 17.8 Å². The van der Waals surface area contributed by atoms with Gasteiger partial charge in [0.25, 0.3) is 0 Å². The number of carboxylic acid groups (broad SMARTS) is 1. The largest absolute Gasteiger partial charge is 0.481 e. The Bertz CT molecular complexity index is 405. The summed E-state index contributed by atoms with van der Waals surface area (Å²) < 4.78 is 5.44. The minimum absolute atomic E-state index is 0.422. The van der Waals surface area contributed by atoms with E-state index in [1.165, 1.54) is 6.92 Å². The Morgan fingerprint density at radius 3 is 2.63 bits per heavy atom. The summed E-state index contributed by atoms with van der Waals surface area (Å²) in [6.07, 6.45) is 0.658. The minimum Gasteiger partial charge on any atom is -0.481 e. The van der Waals surface area contributed by atoms with Gasteiger partial charge >= 0.3 is 5.97 Å². The molecular formula is C14H19NO4. The summed E-state index contributed by atoms with van der Waals surface area (Å²) in [4.78, 5) is 21.9. The summed E-state index contributed by atoms with van der Waals surface area (Å²) >= 11 is 0. The van der Waals surface area contributed by atoms with Crippen LogP contribution >= 0.6 is 0 Å². The van der Waals surface area contributed by atoms with Crippen molar-refractivity contribution < 1.29 is 19.4 Å². The fourth-order valence-corrected chi connectivity index (χ4v) is 1.42. The number of carbonyl (C=O) groups is 2. The van der Waals surface area contributed by atoms with Crippen molar-refractivity contribution in [2.75, 3.05) is 13.2 Å². The molecular weight excluding hydrogens is 246 g/mol. The molecule has 0 fully saturated rings. The van der Waals surface area contributed by atoms with Crippen molar-refractivity contribution in [3.63, 3.8) is 0 Å². The number of rotatable bonds is 8. The van der Waals surface area contributed by atoms with Gasteiger partial charge in [0.05, 0.1) is 6.61 Å². The first-order valence-electron chi connectivity index (χ1n) is 6.23. The van der Waals surface area contributed by atoms with Crippen LogP contribution in [0.15, 0.2) is 30.3 Å². The van der Waals surface area contributed by atoms with Gasteiger partial charge < -0.3 is 15.2 Å². The molecule has 1 aromatic rings.